The number of aromatic amines is 2. The Balaban J connectivity index is 1.19. The van der Waals surface area contributed by atoms with Gasteiger partial charge >= 0.3 is 0 Å². The van der Waals surface area contributed by atoms with Crippen molar-refractivity contribution in [3.8, 4) is 33.6 Å². The maximum Gasteiger partial charge on any atom is 0.224 e. The number of amides is 1. The Morgan fingerprint density at radius 3 is 2.55 bits per heavy atom. The number of carbonyl (C=O) groups is 1. The van der Waals surface area contributed by atoms with Gasteiger partial charge in [-0.2, -0.15) is 5.10 Å². The first-order valence-electron chi connectivity index (χ1n) is 13.7. The van der Waals surface area contributed by atoms with Gasteiger partial charge in [0.15, 0.2) is 5.65 Å². The van der Waals surface area contributed by atoms with Gasteiger partial charge in [-0.1, -0.05) is 19.3 Å². The Hall–Kier alpha value is -4.92. The molecule has 0 aliphatic heterocycles. The Labute approximate surface area is 230 Å². The van der Waals surface area contributed by atoms with Crippen molar-refractivity contribution in [2.75, 3.05) is 5.32 Å². The molecule has 1 fully saturated rings. The standard InChI is InChI=1S/C31H28N8O/c40-29(10-19-4-2-1-3-5-19)36-23-11-21(14-33-16-23)22-12-25-30(38-39-31(25)35-15-22)27-13-24-26(17-34-18-28(24)37-27)20-6-8-32-9-7-20/h6-9,11-19,37H,1-5,10H2,(H,36,40)(H,35,38,39). The van der Waals surface area contributed by atoms with Gasteiger partial charge in [0, 0.05) is 64.9 Å². The van der Waals surface area contributed by atoms with Crippen LogP contribution in [0.3, 0.4) is 0 Å². The summed E-state index contributed by atoms with van der Waals surface area (Å²) in [7, 11) is 0. The molecule has 3 N–H and O–H groups in total. The van der Waals surface area contributed by atoms with Crippen LogP contribution in [0.1, 0.15) is 38.5 Å². The normalized spacial score (nSPS) is 14.1. The summed E-state index contributed by atoms with van der Waals surface area (Å²) in [6, 6.07) is 10.1. The number of H-pyrrole nitrogens is 2. The fourth-order valence-corrected chi connectivity index (χ4v) is 5.74. The number of carbonyl (C=O) groups excluding carboxylic acids is 1. The molecular formula is C31H28N8O. The van der Waals surface area contributed by atoms with Gasteiger partial charge in [-0.15, -0.1) is 0 Å². The molecule has 198 valence electrons. The molecule has 6 heterocycles. The van der Waals surface area contributed by atoms with Crippen molar-refractivity contribution in [2.24, 2.45) is 5.92 Å². The van der Waals surface area contributed by atoms with Crippen molar-refractivity contribution < 1.29 is 4.79 Å². The first kappa shape index (κ1) is 24.1. The lowest BCUT2D eigenvalue weighted by molar-refractivity contribution is -0.117. The first-order chi connectivity index (χ1) is 19.7. The molecule has 9 nitrogen and oxygen atoms in total. The molecule has 0 unspecified atom stereocenters. The van der Waals surface area contributed by atoms with Crippen molar-refractivity contribution in [1.29, 1.82) is 0 Å². The van der Waals surface area contributed by atoms with Crippen LogP contribution in [0.4, 0.5) is 5.69 Å². The highest BCUT2D eigenvalue weighted by atomic mass is 16.1. The Morgan fingerprint density at radius 1 is 0.850 bits per heavy atom. The molecule has 40 heavy (non-hydrogen) atoms. The fraction of sp³-hybridized carbons (Fsp3) is 0.226. The Kier molecular flexibility index (Phi) is 6.24. The zero-order valence-corrected chi connectivity index (χ0v) is 21.9. The van der Waals surface area contributed by atoms with Crippen molar-refractivity contribution in [3.05, 3.63) is 73.7 Å². The molecule has 1 aliphatic carbocycles. The summed E-state index contributed by atoms with van der Waals surface area (Å²) < 4.78 is 0. The van der Waals surface area contributed by atoms with E-state index in [-0.39, 0.29) is 5.91 Å². The molecule has 0 saturated heterocycles. The minimum absolute atomic E-state index is 0.0518. The van der Waals surface area contributed by atoms with E-state index in [0.717, 1.165) is 62.8 Å². The van der Waals surface area contributed by atoms with E-state index in [1.807, 2.05) is 30.6 Å². The van der Waals surface area contributed by atoms with E-state index < -0.39 is 0 Å². The molecule has 6 aromatic rings. The van der Waals surface area contributed by atoms with Gasteiger partial charge < -0.3 is 10.3 Å². The van der Waals surface area contributed by atoms with Crippen molar-refractivity contribution in [1.82, 2.24) is 35.1 Å². The molecule has 6 aromatic heterocycles. The Bertz CT molecular complexity index is 1820. The molecular weight excluding hydrogens is 500 g/mol. The second kappa shape index (κ2) is 10.3. The quantitative estimate of drug-likeness (QED) is 0.226. The number of anilines is 1. The number of aromatic nitrogens is 7. The summed E-state index contributed by atoms with van der Waals surface area (Å²) in [4.78, 5) is 33.7. The smallest absolute Gasteiger partial charge is 0.224 e. The van der Waals surface area contributed by atoms with E-state index in [1.54, 1.807) is 31.0 Å². The second-order valence-electron chi connectivity index (χ2n) is 10.5. The molecule has 1 saturated carbocycles. The topological polar surface area (TPSA) is 125 Å². The van der Waals surface area contributed by atoms with E-state index >= 15 is 0 Å². The third-order valence-corrected chi connectivity index (χ3v) is 7.76. The lowest BCUT2D eigenvalue weighted by atomic mass is 9.87. The van der Waals surface area contributed by atoms with Crippen LogP contribution in [-0.4, -0.2) is 41.0 Å². The van der Waals surface area contributed by atoms with E-state index in [2.05, 4.69) is 52.6 Å². The molecule has 0 bridgehead atoms. The van der Waals surface area contributed by atoms with Crippen molar-refractivity contribution in [2.45, 2.75) is 38.5 Å². The summed E-state index contributed by atoms with van der Waals surface area (Å²) in [5, 5.41) is 12.6. The SMILES string of the molecule is O=C(CC1CCCCC1)Nc1cncc(-c2cnc3[nH]nc(-c4cc5c(-c6ccncc6)cncc5[nH]4)c3c2)c1. The average Bonchev–Trinajstić information content (AvgIpc) is 3.62. The van der Waals surface area contributed by atoms with Crippen LogP contribution in [0.25, 0.3) is 55.6 Å². The predicted molar refractivity (Wildman–Crippen MR) is 155 cm³/mol. The number of nitrogens with zero attached hydrogens (tertiary/aromatic N) is 5. The van der Waals surface area contributed by atoms with Crippen LogP contribution >= 0.6 is 0 Å². The van der Waals surface area contributed by atoms with Crippen LogP contribution in [0.2, 0.25) is 0 Å². The largest absolute Gasteiger partial charge is 0.352 e. The maximum atomic E-state index is 12.7. The van der Waals surface area contributed by atoms with Crippen molar-refractivity contribution in [3.63, 3.8) is 0 Å². The van der Waals surface area contributed by atoms with E-state index in [9.17, 15) is 4.79 Å². The summed E-state index contributed by atoms with van der Waals surface area (Å²) >= 11 is 0. The van der Waals surface area contributed by atoms with E-state index in [4.69, 9.17) is 0 Å². The van der Waals surface area contributed by atoms with Crippen LogP contribution < -0.4 is 5.32 Å². The average molecular weight is 529 g/mol. The van der Waals surface area contributed by atoms with E-state index in [0.29, 0.717) is 23.7 Å². The molecule has 9 heteroatoms. The molecule has 7 rings (SSSR count). The lowest BCUT2D eigenvalue weighted by Crippen LogP contribution is -2.18. The van der Waals surface area contributed by atoms with Gasteiger partial charge in [0.1, 0.15) is 5.69 Å². The van der Waals surface area contributed by atoms with Gasteiger partial charge in [0.25, 0.3) is 0 Å². The Morgan fingerprint density at radius 2 is 1.68 bits per heavy atom. The summed E-state index contributed by atoms with van der Waals surface area (Å²) in [5.74, 6) is 0.535. The van der Waals surface area contributed by atoms with E-state index in [1.165, 1.54) is 19.3 Å². The fourth-order valence-electron chi connectivity index (χ4n) is 5.74. The van der Waals surface area contributed by atoms with Gasteiger partial charge in [0.05, 0.1) is 29.3 Å². The predicted octanol–water partition coefficient (Wildman–Crippen LogP) is 6.53. The van der Waals surface area contributed by atoms with Crippen LogP contribution in [0.5, 0.6) is 0 Å². The summed E-state index contributed by atoms with van der Waals surface area (Å²) in [6.07, 6.45) is 19.1. The molecule has 0 aromatic carbocycles. The maximum absolute atomic E-state index is 12.7. The highest BCUT2D eigenvalue weighted by Crippen LogP contribution is 2.34. The zero-order valence-electron chi connectivity index (χ0n) is 21.9. The summed E-state index contributed by atoms with van der Waals surface area (Å²) in [5.41, 5.74) is 7.77. The molecule has 0 spiro atoms. The van der Waals surface area contributed by atoms with Crippen molar-refractivity contribution >= 4 is 33.5 Å². The number of fused-ring (bicyclic) bond motifs is 2. The number of nitrogens with one attached hydrogen (secondary N) is 3. The third-order valence-electron chi connectivity index (χ3n) is 7.76. The zero-order chi connectivity index (χ0) is 26.9. The minimum atomic E-state index is 0.0518. The summed E-state index contributed by atoms with van der Waals surface area (Å²) in [6.45, 7) is 0. The highest BCUT2D eigenvalue weighted by molar-refractivity contribution is 6.00. The van der Waals surface area contributed by atoms with Crippen LogP contribution in [-0.2, 0) is 4.79 Å². The molecule has 0 atom stereocenters. The van der Waals surface area contributed by atoms with Crippen LogP contribution in [0, 0.1) is 5.92 Å². The third kappa shape index (κ3) is 4.70. The lowest BCUT2D eigenvalue weighted by Gasteiger charge is -2.20. The number of pyridine rings is 4. The number of rotatable bonds is 6. The first-order valence-corrected chi connectivity index (χ1v) is 13.7. The van der Waals surface area contributed by atoms with Gasteiger partial charge in [-0.3, -0.25) is 24.8 Å². The van der Waals surface area contributed by atoms with Crippen LogP contribution in [0.15, 0.2) is 73.7 Å². The molecule has 1 aliphatic rings. The number of hydrogen-bond acceptors (Lipinski definition) is 6. The highest BCUT2D eigenvalue weighted by Gasteiger charge is 2.18. The molecule has 1 amide bonds. The number of hydrogen-bond donors (Lipinski definition) is 3. The second-order valence-corrected chi connectivity index (χ2v) is 10.5. The monoisotopic (exact) mass is 528 g/mol. The van der Waals surface area contributed by atoms with Gasteiger partial charge in [-0.25, -0.2) is 4.98 Å². The van der Waals surface area contributed by atoms with Gasteiger partial charge in [0.2, 0.25) is 5.91 Å². The molecule has 0 radical (unpaired) electrons. The minimum Gasteiger partial charge on any atom is -0.352 e. The van der Waals surface area contributed by atoms with Gasteiger partial charge in [-0.05, 0) is 54.7 Å².